The van der Waals surface area contributed by atoms with Gasteiger partial charge in [-0.05, 0) is 36.3 Å². The molecule has 0 aliphatic heterocycles. The highest BCUT2D eigenvalue weighted by Gasteiger charge is 2.15. The van der Waals surface area contributed by atoms with Crippen molar-refractivity contribution in [2.45, 2.75) is 11.8 Å². The minimum atomic E-state index is -4.06. The number of benzene rings is 2. The zero-order chi connectivity index (χ0) is 19.9. The van der Waals surface area contributed by atoms with Gasteiger partial charge in [0.15, 0.2) is 11.5 Å². The lowest BCUT2D eigenvalue weighted by atomic mass is 10.2. The van der Waals surface area contributed by atoms with Crippen LogP contribution in [0.5, 0.6) is 11.5 Å². The molecule has 0 aliphatic carbocycles. The van der Waals surface area contributed by atoms with Crippen LogP contribution < -0.4 is 20.6 Å². The molecule has 0 unspecified atom stereocenters. The monoisotopic (exact) mass is 392 g/mol. The van der Waals surface area contributed by atoms with Crippen LogP contribution in [0.3, 0.4) is 0 Å². The van der Waals surface area contributed by atoms with Crippen molar-refractivity contribution in [3.05, 3.63) is 53.6 Å². The number of nitrogens with two attached hydrogens (primary N) is 1. The third kappa shape index (κ3) is 5.35. The van der Waals surface area contributed by atoms with Gasteiger partial charge in [0.1, 0.15) is 4.90 Å². The van der Waals surface area contributed by atoms with Crippen LogP contribution in [0.15, 0.2) is 57.6 Å². The number of guanidine groups is 1. The fraction of sp³-hybridized carbons (Fsp3) is 0.176. The summed E-state index contributed by atoms with van der Waals surface area (Å²) in [6, 6.07) is 11.4. The second-order valence-corrected chi connectivity index (χ2v) is 6.80. The minimum absolute atomic E-state index is 0.0331. The third-order valence-electron chi connectivity index (χ3n) is 3.36. The third-order valence-corrected chi connectivity index (χ3v) is 4.48. The van der Waals surface area contributed by atoms with E-state index in [0.29, 0.717) is 17.1 Å². The Morgan fingerprint density at radius 1 is 1.11 bits per heavy atom. The molecule has 0 atom stereocenters. The minimum Gasteiger partial charge on any atom is -0.493 e. The average molecular weight is 392 g/mol. The van der Waals surface area contributed by atoms with E-state index in [1.54, 1.807) is 30.3 Å². The van der Waals surface area contributed by atoms with Crippen molar-refractivity contribution in [2.75, 3.05) is 14.2 Å². The van der Waals surface area contributed by atoms with Gasteiger partial charge in [-0.15, -0.1) is 0 Å². The zero-order valence-corrected chi connectivity index (χ0v) is 15.9. The molecule has 0 heterocycles. The molecule has 0 aromatic heterocycles. The number of hydrogen-bond donors (Lipinski definition) is 2. The van der Waals surface area contributed by atoms with Gasteiger partial charge in [0, 0.05) is 5.56 Å². The van der Waals surface area contributed by atoms with Crippen LogP contribution in [-0.2, 0) is 14.4 Å². The van der Waals surface area contributed by atoms with Crippen molar-refractivity contribution < 1.29 is 22.2 Å². The molecule has 9 nitrogen and oxygen atoms in total. The first-order valence-corrected chi connectivity index (χ1v) is 9.12. The predicted molar refractivity (Wildman–Crippen MR) is 101 cm³/mol. The van der Waals surface area contributed by atoms with E-state index in [-0.39, 0.29) is 10.9 Å². The predicted octanol–water partition coefficient (Wildman–Crippen LogP) is 1.57. The lowest BCUT2D eigenvalue weighted by Gasteiger charge is -2.09. The number of ether oxygens (including phenoxy) is 2. The molecule has 0 bridgehead atoms. The molecule has 0 aliphatic rings. The van der Waals surface area contributed by atoms with Gasteiger partial charge in [0.25, 0.3) is 5.96 Å². The number of rotatable bonds is 7. The van der Waals surface area contributed by atoms with Crippen molar-refractivity contribution >= 4 is 22.3 Å². The first-order valence-electron chi connectivity index (χ1n) is 7.71. The Balaban J connectivity index is 2.04. The van der Waals surface area contributed by atoms with Crippen LogP contribution in [0, 0.1) is 6.92 Å². The molecule has 2 rings (SSSR count). The fourth-order valence-corrected chi connectivity index (χ4v) is 2.77. The molecular weight excluding hydrogens is 372 g/mol. The summed E-state index contributed by atoms with van der Waals surface area (Å²) in [5, 5.41) is 7.20. The number of aryl methyl sites for hydroxylation is 1. The van der Waals surface area contributed by atoms with E-state index in [1.165, 1.54) is 32.6 Å². The van der Waals surface area contributed by atoms with Gasteiger partial charge in [0.05, 0.1) is 20.4 Å². The van der Waals surface area contributed by atoms with Crippen LogP contribution in [0.2, 0.25) is 0 Å². The summed E-state index contributed by atoms with van der Waals surface area (Å²) in [7, 11) is -1.04. The largest absolute Gasteiger partial charge is 0.493 e. The van der Waals surface area contributed by atoms with Crippen molar-refractivity contribution in [3.8, 4) is 11.5 Å². The molecule has 0 amide bonds. The van der Waals surface area contributed by atoms with Crippen LogP contribution in [0.25, 0.3) is 0 Å². The Morgan fingerprint density at radius 3 is 2.44 bits per heavy atom. The standard InChI is InChI=1S/C17H20N4O5S/c1-12-7-9-14(10-8-12)27(22,23)26-21-17(18)20-19-11-13-5-4-6-15(24-2)16(13)25-3/h4-11H,1-3H3,(H3,18,20,21). The number of hydrogen-bond acceptors (Lipinski definition) is 7. The fourth-order valence-electron chi connectivity index (χ4n) is 2.04. The smallest absolute Gasteiger partial charge is 0.358 e. The topological polar surface area (TPSA) is 125 Å². The zero-order valence-electron chi connectivity index (χ0n) is 15.0. The number of nitrogens with zero attached hydrogens (tertiary/aromatic N) is 2. The second-order valence-electron chi connectivity index (χ2n) is 5.27. The van der Waals surface area contributed by atoms with Gasteiger partial charge < -0.3 is 15.2 Å². The quantitative estimate of drug-likeness (QED) is 0.416. The summed E-state index contributed by atoms with van der Waals surface area (Å²) in [4.78, 5) is -0.0331. The van der Waals surface area contributed by atoms with E-state index >= 15 is 0 Å². The molecule has 0 radical (unpaired) electrons. The lowest BCUT2D eigenvalue weighted by Crippen LogP contribution is -2.28. The average Bonchev–Trinajstić information content (AvgIpc) is 2.66. The summed E-state index contributed by atoms with van der Waals surface area (Å²) in [6.45, 7) is 1.84. The van der Waals surface area contributed by atoms with Crippen LogP contribution >= 0.6 is 0 Å². The molecule has 144 valence electrons. The highest BCUT2D eigenvalue weighted by molar-refractivity contribution is 7.86. The highest BCUT2D eigenvalue weighted by Crippen LogP contribution is 2.29. The lowest BCUT2D eigenvalue weighted by molar-refractivity contribution is 0.336. The van der Waals surface area contributed by atoms with E-state index in [1.807, 2.05) is 6.92 Å². The summed E-state index contributed by atoms with van der Waals surface area (Å²) in [5.74, 6) is 0.679. The first kappa shape index (κ1) is 20.0. The number of oxime groups is 1. The Hall–Kier alpha value is -3.27. The van der Waals surface area contributed by atoms with Crippen LogP contribution in [0.1, 0.15) is 11.1 Å². The van der Waals surface area contributed by atoms with Gasteiger partial charge >= 0.3 is 10.1 Å². The number of hydrazone groups is 1. The maximum Gasteiger partial charge on any atom is 0.358 e. The van der Waals surface area contributed by atoms with E-state index < -0.39 is 10.1 Å². The van der Waals surface area contributed by atoms with Gasteiger partial charge in [-0.3, -0.25) is 4.28 Å². The molecule has 2 aromatic rings. The number of para-hydroxylation sites is 1. The van der Waals surface area contributed by atoms with Gasteiger partial charge in [-0.25, -0.2) is 5.43 Å². The van der Waals surface area contributed by atoms with Crippen molar-refractivity contribution in [1.29, 1.82) is 0 Å². The molecule has 27 heavy (non-hydrogen) atoms. The maximum atomic E-state index is 12.0. The summed E-state index contributed by atoms with van der Waals surface area (Å²) in [6.07, 6.45) is 1.41. The van der Waals surface area contributed by atoms with E-state index in [0.717, 1.165) is 5.56 Å². The second kappa shape index (κ2) is 8.90. The van der Waals surface area contributed by atoms with Crippen molar-refractivity contribution in [1.82, 2.24) is 5.43 Å². The van der Waals surface area contributed by atoms with E-state index in [2.05, 4.69) is 20.0 Å². The van der Waals surface area contributed by atoms with Crippen LogP contribution in [-0.4, -0.2) is 34.8 Å². The number of nitrogens with one attached hydrogen (secondary N) is 1. The molecular formula is C17H20N4O5S. The Labute approximate surface area is 157 Å². The Morgan fingerprint density at radius 2 is 1.81 bits per heavy atom. The highest BCUT2D eigenvalue weighted by atomic mass is 32.2. The molecule has 10 heteroatoms. The van der Waals surface area contributed by atoms with Crippen molar-refractivity contribution in [2.24, 2.45) is 16.0 Å². The SMILES string of the molecule is COc1cccc(C=NNC(N)=NOS(=O)(=O)c2ccc(C)cc2)c1OC. The van der Waals surface area contributed by atoms with Gasteiger partial charge in [0.2, 0.25) is 0 Å². The summed E-state index contributed by atoms with van der Waals surface area (Å²) < 4.78 is 39.0. The Bertz CT molecular complexity index is 940. The molecule has 0 spiro atoms. The first-order chi connectivity index (χ1) is 12.9. The molecule has 0 fully saturated rings. The van der Waals surface area contributed by atoms with Crippen LogP contribution in [0.4, 0.5) is 0 Å². The number of methoxy groups -OCH3 is 2. The Kier molecular flexibility index (Phi) is 6.61. The van der Waals surface area contributed by atoms with E-state index in [4.69, 9.17) is 15.2 Å². The molecule has 3 N–H and O–H groups in total. The van der Waals surface area contributed by atoms with Gasteiger partial charge in [-0.2, -0.15) is 13.5 Å². The van der Waals surface area contributed by atoms with E-state index in [9.17, 15) is 8.42 Å². The van der Waals surface area contributed by atoms with Crippen molar-refractivity contribution in [3.63, 3.8) is 0 Å². The summed E-state index contributed by atoms with van der Waals surface area (Å²) >= 11 is 0. The molecule has 0 saturated heterocycles. The molecule has 0 saturated carbocycles. The summed E-state index contributed by atoms with van der Waals surface area (Å²) in [5.41, 5.74) is 9.45. The van der Waals surface area contributed by atoms with Gasteiger partial charge in [-0.1, -0.05) is 23.8 Å². The maximum absolute atomic E-state index is 12.0. The normalized spacial score (nSPS) is 12.0. The molecule has 2 aromatic carbocycles.